The van der Waals surface area contributed by atoms with Crippen LogP contribution in [0.15, 0.2) is 35.1 Å². The van der Waals surface area contributed by atoms with Crippen molar-refractivity contribution >= 4 is 11.6 Å². The van der Waals surface area contributed by atoms with Crippen LogP contribution in [0.25, 0.3) is 0 Å². The number of oxazole rings is 1. The molecule has 0 aromatic carbocycles. The molecule has 0 spiro atoms. The number of likely N-dealkylation sites (tertiary alicyclic amines) is 1. The van der Waals surface area contributed by atoms with Crippen molar-refractivity contribution < 1.29 is 4.42 Å². The fraction of sp³-hybridized carbons (Fsp3) is 0.429. The number of nitrogens with one attached hydrogen (secondary N) is 1. The molecule has 0 radical (unpaired) electrons. The summed E-state index contributed by atoms with van der Waals surface area (Å²) < 4.78 is 5.34. The lowest BCUT2D eigenvalue weighted by Crippen LogP contribution is -2.34. The standard InChI is InChI=1S/C21H26N6O/c1-14-6-7-22-20(9-14)26-21-10-19(23-15(2)24-21)17-5-4-8-27(11-17)12-18-13-28-16(3)25-18/h6-7,9-10,13,17H,4-5,8,11-12H2,1-3H3,(H,22,23,24,26). The van der Waals surface area contributed by atoms with Gasteiger partial charge in [-0.3, -0.25) is 4.90 Å². The molecule has 0 bridgehead atoms. The minimum atomic E-state index is 0.384. The molecule has 1 atom stereocenters. The molecular formula is C21H26N6O. The maximum atomic E-state index is 5.34. The third-order valence-corrected chi connectivity index (χ3v) is 5.01. The molecule has 1 aliphatic heterocycles. The molecule has 1 aliphatic rings. The molecule has 1 unspecified atom stereocenters. The topological polar surface area (TPSA) is 80.0 Å². The SMILES string of the molecule is Cc1ccnc(Nc2cc(C3CCCN(Cc4coc(C)n4)C3)nc(C)n2)c1. The molecule has 7 heteroatoms. The molecule has 3 aromatic heterocycles. The van der Waals surface area contributed by atoms with Crippen molar-refractivity contribution in [3.8, 4) is 0 Å². The Bertz CT molecular complexity index is 954. The predicted octanol–water partition coefficient (Wildman–Crippen LogP) is 3.91. The van der Waals surface area contributed by atoms with E-state index in [4.69, 9.17) is 9.40 Å². The number of nitrogens with zero attached hydrogens (tertiary/aromatic N) is 5. The zero-order valence-electron chi connectivity index (χ0n) is 16.6. The van der Waals surface area contributed by atoms with Gasteiger partial charge in [0.25, 0.3) is 0 Å². The Morgan fingerprint density at radius 2 is 2.04 bits per heavy atom. The Kier molecular flexibility index (Phi) is 5.34. The second-order valence-electron chi connectivity index (χ2n) is 7.50. The largest absolute Gasteiger partial charge is 0.449 e. The minimum Gasteiger partial charge on any atom is -0.449 e. The predicted molar refractivity (Wildman–Crippen MR) is 108 cm³/mol. The summed E-state index contributed by atoms with van der Waals surface area (Å²) in [5.74, 6) is 3.47. The van der Waals surface area contributed by atoms with Crippen LogP contribution in [0.2, 0.25) is 0 Å². The highest BCUT2D eigenvalue weighted by molar-refractivity contribution is 5.52. The van der Waals surface area contributed by atoms with E-state index in [9.17, 15) is 0 Å². The lowest BCUT2D eigenvalue weighted by molar-refractivity contribution is 0.196. The average Bonchev–Trinajstić information content (AvgIpc) is 3.06. The lowest BCUT2D eigenvalue weighted by Gasteiger charge is -2.32. The Morgan fingerprint density at radius 3 is 2.82 bits per heavy atom. The van der Waals surface area contributed by atoms with Crippen molar-refractivity contribution in [2.75, 3.05) is 18.4 Å². The van der Waals surface area contributed by atoms with E-state index in [0.717, 1.165) is 72.8 Å². The van der Waals surface area contributed by atoms with E-state index >= 15 is 0 Å². The molecule has 1 saturated heterocycles. The number of hydrogen-bond acceptors (Lipinski definition) is 7. The summed E-state index contributed by atoms with van der Waals surface area (Å²) in [6.07, 6.45) is 5.83. The van der Waals surface area contributed by atoms with Crippen molar-refractivity contribution in [2.24, 2.45) is 0 Å². The fourth-order valence-electron chi connectivity index (χ4n) is 3.75. The van der Waals surface area contributed by atoms with Gasteiger partial charge >= 0.3 is 0 Å². The van der Waals surface area contributed by atoms with E-state index < -0.39 is 0 Å². The van der Waals surface area contributed by atoms with Gasteiger partial charge in [0.05, 0.1) is 11.4 Å². The summed E-state index contributed by atoms with van der Waals surface area (Å²) in [7, 11) is 0. The highest BCUT2D eigenvalue weighted by Gasteiger charge is 2.24. The van der Waals surface area contributed by atoms with Gasteiger partial charge in [0, 0.05) is 38.2 Å². The number of hydrogen-bond donors (Lipinski definition) is 1. The van der Waals surface area contributed by atoms with Crippen LogP contribution in [0.3, 0.4) is 0 Å². The molecule has 28 heavy (non-hydrogen) atoms. The second-order valence-corrected chi connectivity index (χ2v) is 7.50. The first kappa shape index (κ1) is 18.6. The van der Waals surface area contributed by atoms with Crippen LogP contribution in [0, 0.1) is 20.8 Å². The van der Waals surface area contributed by atoms with Crippen molar-refractivity contribution in [2.45, 2.75) is 46.1 Å². The number of anilines is 2. The van der Waals surface area contributed by atoms with Gasteiger partial charge in [-0.05, 0) is 50.9 Å². The summed E-state index contributed by atoms with van der Waals surface area (Å²) in [5, 5.41) is 3.32. The molecule has 1 N–H and O–H groups in total. The van der Waals surface area contributed by atoms with E-state index in [1.54, 1.807) is 12.5 Å². The van der Waals surface area contributed by atoms with E-state index in [2.05, 4.69) is 38.2 Å². The maximum absolute atomic E-state index is 5.34. The number of pyridine rings is 1. The Hall–Kier alpha value is -2.80. The van der Waals surface area contributed by atoms with Crippen LogP contribution in [0.4, 0.5) is 11.6 Å². The minimum absolute atomic E-state index is 0.384. The average molecular weight is 378 g/mol. The van der Waals surface area contributed by atoms with Crippen LogP contribution in [0.1, 0.15) is 47.4 Å². The van der Waals surface area contributed by atoms with Crippen molar-refractivity contribution in [1.82, 2.24) is 24.8 Å². The van der Waals surface area contributed by atoms with Crippen LogP contribution in [-0.2, 0) is 6.54 Å². The highest BCUT2D eigenvalue weighted by atomic mass is 16.3. The highest BCUT2D eigenvalue weighted by Crippen LogP contribution is 2.28. The van der Waals surface area contributed by atoms with Crippen LogP contribution in [0.5, 0.6) is 0 Å². The lowest BCUT2D eigenvalue weighted by atomic mass is 9.94. The summed E-state index contributed by atoms with van der Waals surface area (Å²) in [4.78, 5) is 20.5. The molecule has 3 aromatic rings. The first-order valence-corrected chi connectivity index (χ1v) is 9.74. The van der Waals surface area contributed by atoms with Gasteiger partial charge in [0.1, 0.15) is 23.7 Å². The molecule has 0 aliphatic carbocycles. The van der Waals surface area contributed by atoms with Crippen molar-refractivity contribution in [3.05, 3.63) is 59.3 Å². The quantitative estimate of drug-likeness (QED) is 0.721. The first-order valence-electron chi connectivity index (χ1n) is 9.74. The van der Waals surface area contributed by atoms with E-state index in [1.165, 1.54) is 0 Å². The van der Waals surface area contributed by atoms with Gasteiger partial charge < -0.3 is 9.73 Å². The molecule has 146 valence electrons. The van der Waals surface area contributed by atoms with E-state index in [1.807, 2.05) is 26.0 Å². The van der Waals surface area contributed by atoms with Gasteiger partial charge in [-0.2, -0.15) is 0 Å². The molecule has 7 nitrogen and oxygen atoms in total. The Morgan fingerprint density at radius 1 is 1.14 bits per heavy atom. The third-order valence-electron chi connectivity index (χ3n) is 5.01. The molecule has 1 fully saturated rings. The van der Waals surface area contributed by atoms with E-state index in [0.29, 0.717) is 5.92 Å². The Balaban J connectivity index is 1.49. The first-order chi connectivity index (χ1) is 13.5. The number of aromatic nitrogens is 4. The zero-order valence-corrected chi connectivity index (χ0v) is 16.6. The van der Waals surface area contributed by atoms with Crippen molar-refractivity contribution in [1.29, 1.82) is 0 Å². The van der Waals surface area contributed by atoms with Gasteiger partial charge in [0.2, 0.25) is 0 Å². The maximum Gasteiger partial charge on any atom is 0.191 e. The number of rotatable bonds is 5. The number of piperidine rings is 1. The monoisotopic (exact) mass is 378 g/mol. The summed E-state index contributed by atoms with van der Waals surface area (Å²) in [5.41, 5.74) is 3.24. The third kappa shape index (κ3) is 4.54. The number of aryl methyl sites for hydroxylation is 3. The summed E-state index contributed by atoms with van der Waals surface area (Å²) >= 11 is 0. The molecule has 0 amide bonds. The molecule has 0 saturated carbocycles. The summed E-state index contributed by atoms with van der Waals surface area (Å²) in [6, 6.07) is 6.06. The van der Waals surface area contributed by atoms with Gasteiger partial charge in [-0.15, -0.1) is 0 Å². The molecule has 4 rings (SSSR count). The Labute approximate surface area is 165 Å². The molecule has 4 heterocycles. The fourth-order valence-corrected chi connectivity index (χ4v) is 3.75. The normalized spacial score (nSPS) is 17.6. The zero-order chi connectivity index (χ0) is 19.5. The van der Waals surface area contributed by atoms with Crippen LogP contribution in [-0.4, -0.2) is 37.9 Å². The van der Waals surface area contributed by atoms with Crippen LogP contribution >= 0.6 is 0 Å². The molecular weight excluding hydrogens is 352 g/mol. The van der Waals surface area contributed by atoms with Gasteiger partial charge in [0.15, 0.2) is 5.89 Å². The van der Waals surface area contributed by atoms with E-state index in [-0.39, 0.29) is 0 Å². The second kappa shape index (κ2) is 8.06. The van der Waals surface area contributed by atoms with Crippen molar-refractivity contribution in [3.63, 3.8) is 0 Å². The van der Waals surface area contributed by atoms with Crippen LogP contribution < -0.4 is 5.32 Å². The van der Waals surface area contributed by atoms with Gasteiger partial charge in [-0.25, -0.2) is 19.9 Å². The summed E-state index contributed by atoms with van der Waals surface area (Å²) in [6.45, 7) is 8.73. The van der Waals surface area contributed by atoms with Gasteiger partial charge in [-0.1, -0.05) is 0 Å². The smallest absolute Gasteiger partial charge is 0.191 e.